The summed E-state index contributed by atoms with van der Waals surface area (Å²) in [4.78, 5) is 10.6. The maximum atomic E-state index is 10.9. The molecule has 2 atom stereocenters. The van der Waals surface area contributed by atoms with Crippen LogP contribution in [-0.2, 0) is 0 Å². The van der Waals surface area contributed by atoms with E-state index in [1.54, 1.807) is 32.2 Å². The molecule has 1 rings (SSSR count). The van der Waals surface area contributed by atoms with Gasteiger partial charge in [0.2, 0.25) is 6.04 Å². The van der Waals surface area contributed by atoms with Crippen molar-refractivity contribution in [1.82, 2.24) is 5.01 Å². The van der Waals surface area contributed by atoms with E-state index in [2.05, 4.69) is 5.10 Å². The van der Waals surface area contributed by atoms with Crippen LogP contribution in [0.2, 0.25) is 0 Å². The van der Waals surface area contributed by atoms with Crippen LogP contribution in [0.15, 0.2) is 35.4 Å². The number of benzene rings is 1. The van der Waals surface area contributed by atoms with Gasteiger partial charge >= 0.3 is 0 Å². The first kappa shape index (κ1) is 13.2. The van der Waals surface area contributed by atoms with Crippen LogP contribution in [0.5, 0.6) is 0 Å². The molecule has 0 N–H and O–H groups in total. The van der Waals surface area contributed by atoms with Crippen molar-refractivity contribution in [3.8, 4) is 0 Å². The Balaban J connectivity index is 2.98. The highest BCUT2D eigenvalue weighted by molar-refractivity contribution is 5.68. The van der Waals surface area contributed by atoms with Gasteiger partial charge in [0.05, 0.1) is 5.92 Å². The van der Waals surface area contributed by atoms with Crippen LogP contribution in [-0.4, -0.2) is 36.3 Å². The van der Waals surface area contributed by atoms with Crippen molar-refractivity contribution in [1.29, 1.82) is 0 Å². The molecule has 0 heterocycles. The van der Waals surface area contributed by atoms with Crippen molar-refractivity contribution in [3.63, 3.8) is 0 Å². The number of hydrogen-bond acceptors (Lipinski definition) is 4. The average Bonchev–Trinajstić information content (AvgIpc) is 2.30. The molecule has 0 aliphatic rings. The van der Waals surface area contributed by atoms with Gasteiger partial charge in [0, 0.05) is 32.2 Å². The largest absolute Gasteiger partial charge is 0.303 e. The predicted molar refractivity (Wildman–Crippen MR) is 67.8 cm³/mol. The molecule has 0 aliphatic heterocycles. The summed E-state index contributed by atoms with van der Waals surface area (Å²) in [5, 5.41) is 16.6. The summed E-state index contributed by atoms with van der Waals surface area (Å²) in [6.45, 7) is 1.60. The molecular formula is C12H17N3O2. The zero-order valence-electron chi connectivity index (χ0n) is 10.3. The molecule has 0 aromatic heterocycles. The van der Waals surface area contributed by atoms with E-state index in [9.17, 15) is 10.1 Å². The van der Waals surface area contributed by atoms with E-state index in [0.29, 0.717) is 0 Å². The van der Waals surface area contributed by atoms with Gasteiger partial charge in [0.25, 0.3) is 0 Å². The second-order valence-electron chi connectivity index (χ2n) is 4.07. The minimum atomic E-state index is -0.693. The fourth-order valence-electron chi connectivity index (χ4n) is 1.50. The van der Waals surface area contributed by atoms with Gasteiger partial charge in [-0.25, -0.2) is 0 Å². The smallest absolute Gasteiger partial charge is 0.222 e. The molecule has 0 saturated heterocycles. The molecule has 1 aromatic rings. The Labute approximate surface area is 101 Å². The molecular weight excluding hydrogens is 218 g/mol. The van der Waals surface area contributed by atoms with Crippen LogP contribution in [0.4, 0.5) is 0 Å². The van der Waals surface area contributed by atoms with E-state index in [-0.39, 0.29) is 10.8 Å². The van der Waals surface area contributed by atoms with Crippen molar-refractivity contribution in [2.45, 2.75) is 18.9 Å². The van der Waals surface area contributed by atoms with Crippen molar-refractivity contribution >= 4 is 6.21 Å². The van der Waals surface area contributed by atoms with Crippen LogP contribution < -0.4 is 0 Å². The summed E-state index contributed by atoms with van der Waals surface area (Å²) in [5.41, 5.74) is 0.905. The van der Waals surface area contributed by atoms with Gasteiger partial charge in [-0.15, -0.1) is 0 Å². The second-order valence-corrected chi connectivity index (χ2v) is 4.07. The van der Waals surface area contributed by atoms with E-state index in [1.807, 2.05) is 30.3 Å². The van der Waals surface area contributed by atoms with Gasteiger partial charge < -0.3 is 5.01 Å². The number of rotatable bonds is 5. The lowest BCUT2D eigenvalue weighted by atomic mass is 9.94. The minimum Gasteiger partial charge on any atom is -0.303 e. The maximum absolute atomic E-state index is 10.9. The highest BCUT2D eigenvalue weighted by Gasteiger charge is 2.26. The van der Waals surface area contributed by atoms with E-state index in [1.165, 1.54) is 0 Å². The Morgan fingerprint density at radius 3 is 2.41 bits per heavy atom. The van der Waals surface area contributed by atoms with Crippen molar-refractivity contribution in [3.05, 3.63) is 46.0 Å². The lowest BCUT2D eigenvalue weighted by molar-refractivity contribution is -0.519. The first-order valence-corrected chi connectivity index (χ1v) is 5.42. The van der Waals surface area contributed by atoms with Gasteiger partial charge in [-0.3, -0.25) is 10.1 Å². The Hall–Kier alpha value is -1.91. The molecule has 5 nitrogen and oxygen atoms in total. The Morgan fingerprint density at radius 2 is 1.94 bits per heavy atom. The van der Waals surface area contributed by atoms with E-state index in [4.69, 9.17) is 0 Å². The minimum absolute atomic E-state index is 0.278. The molecule has 0 saturated carbocycles. The van der Waals surface area contributed by atoms with Crippen LogP contribution in [0.1, 0.15) is 18.4 Å². The van der Waals surface area contributed by atoms with Gasteiger partial charge in [-0.1, -0.05) is 30.3 Å². The van der Waals surface area contributed by atoms with Gasteiger partial charge in [-0.2, -0.15) is 5.10 Å². The lowest BCUT2D eigenvalue weighted by Gasteiger charge is -2.15. The molecule has 1 aromatic carbocycles. The fraction of sp³-hybridized carbons (Fsp3) is 0.417. The summed E-state index contributed by atoms with van der Waals surface area (Å²) < 4.78 is 0. The maximum Gasteiger partial charge on any atom is 0.222 e. The zero-order valence-corrected chi connectivity index (χ0v) is 10.3. The summed E-state index contributed by atoms with van der Waals surface area (Å²) in [6, 6.07) is 8.71. The molecule has 0 fully saturated rings. The third kappa shape index (κ3) is 3.86. The highest BCUT2D eigenvalue weighted by atomic mass is 16.6. The lowest BCUT2D eigenvalue weighted by Crippen LogP contribution is -2.26. The molecule has 0 bridgehead atoms. The fourth-order valence-corrected chi connectivity index (χ4v) is 1.50. The summed E-state index contributed by atoms with van der Waals surface area (Å²) >= 11 is 0. The van der Waals surface area contributed by atoms with Gasteiger partial charge in [-0.05, 0) is 5.56 Å². The van der Waals surface area contributed by atoms with Crippen molar-refractivity contribution in [2.24, 2.45) is 5.10 Å². The molecule has 0 unspecified atom stereocenters. The Morgan fingerprint density at radius 1 is 1.35 bits per heavy atom. The first-order chi connectivity index (χ1) is 8.02. The van der Waals surface area contributed by atoms with Crippen molar-refractivity contribution in [2.75, 3.05) is 14.1 Å². The molecule has 5 heteroatoms. The molecule has 0 spiro atoms. The predicted octanol–water partition coefficient (Wildman–Crippen LogP) is 1.98. The third-order valence-corrected chi connectivity index (χ3v) is 2.49. The SMILES string of the molecule is C[C@H]([C@H](/C=N/N(C)C)c1ccccc1)[N+](=O)[O-]. The van der Waals surface area contributed by atoms with Crippen molar-refractivity contribution < 1.29 is 4.92 Å². The van der Waals surface area contributed by atoms with Crippen LogP contribution in [0, 0.1) is 10.1 Å². The molecule has 0 amide bonds. The molecule has 17 heavy (non-hydrogen) atoms. The summed E-state index contributed by atoms with van der Waals surface area (Å²) in [7, 11) is 3.57. The van der Waals surface area contributed by atoms with E-state index in [0.717, 1.165) is 5.56 Å². The first-order valence-electron chi connectivity index (χ1n) is 5.42. The highest BCUT2D eigenvalue weighted by Crippen LogP contribution is 2.19. The normalized spacial score (nSPS) is 14.5. The quantitative estimate of drug-likeness (QED) is 0.445. The molecule has 92 valence electrons. The topological polar surface area (TPSA) is 58.7 Å². The third-order valence-electron chi connectivity index (χ3n) is 2.49. The van der Waals surface area contributed by atoms with Crippen LogP contribution in [0.25, 0.3) is 0 Å². The summed E-state index contributed by atoms with van der Waals surface area (Å²) in [5.74, 6) is -0.311. The van der Waals surface area contributed by atoms with Gasteiger partial charge in [0.15, 0.2) is 0 Å². The zero-order chi connectivity index (χ0) is 12.8. The van der Waals surface area contributed by atoms with Gasteiger partial charge in [0.1, 0.15) is 0 Å². The number of nitrogens with zero attached hydrogens (tertiary/aromatic N) is 3. The molecule has 0 aliphatic carbocycles. The number of hydrogen-bond donors (Lipinski definition) is 0. The monoisotopic (exact) mass is 235 g/mol. The Kier molecular flexibility index (Phi) is 4.63. The second kappa shape index (κ2) is 5.98. The number of nitro groups is 1. The average molecular weight is 235 g/mol. The van der Waals surface area contributed by atoms with E-state index < -0.39 is 6.04 Å². The standard InChI is InChI=1S/C12H17N3O2/c1-10(15(16)17)12(9-13-14(2)3)11-7-5-4-6-8-11/h4-10,12H,1-3H3/b13-9+/t10-,12+/m1/s1. The van der Waals surface area contributed by atoms with Crippen LogP contribution >= 0.6 is 0 Å². The summed E-state index contributed by atoms with van der Waals surface area (Å²) in [6.07, 6.45) is 1.63. The van der Waals surface area contributed by atoms with Crippen LogP contribution in [0.3, 0.4) is 0 Å². The number of hydrazone groups is 1. The Bertz CT molecular complexity index is 390. The molecule has 0 radical (unpaired) electrons. The van der Waals surface area contributed by atoms with E-state index >= 15 is 0 Å².